The Morgan fingerprint density at radius 2 is 0.0577 bits per heavy atom. The molecule has 0 aliphatic heterocycles. The Morgan fingerprint density at radius 3 is 0.0577 bits per heavy atom. The lowest BCUT2D eigenvalue weighted by Gasteiger charge is -1.07. The zero-order chi connectivity index (χ0) is 22.0. The summed E-state index contributed by atoms with van der Waals surface area (Å²) in [6, 6.07) is 0. The molecule has 0 nitrogen and oxygen atoms in total. The van der Waals surface area contributed by atoms with Gasteiger partial charge in [-0.1, -0.05) is 375 Å². The van der Waals surface area contributed by atoms with Crippen molar-refractivity contribution < 1.29 is 0 Å². The zero-order valence-electron chi connectivity index (χ0n) is 22.0. The van der Waals surface area contributed by atoms with Gasteiger partial charge in [-0.2, -0.15) is 0 Å². The molecule has 0 fully saturated rings. The average Bonchev–Trinajstić information content (AvgIpc) is 2.78. The SMILES string of the molecule is C.C.C.C.C.C.C.C.C.C.C.C.C.C.C.C.C.C.C.C.C.C.C.C.C.C.C.C.C.C.CC.CC.CC.CC.CC.CC.CC.CC.CC.CC.CC. The lowest BCUT2D eigenvalue weighted by molar-refractivity contribution is 1.50. The van der Waals surface area contributed by atoms with Gasteiger partial charge in [0.05, 0.1) is 0 Å². The number of rotatable bonds is 0. The summed E-state index contributed by atoms with van der Waals surface area (Å²) >= 11 is 0. The van der Waals surface area contributed by atoms with Gasteiger partial charge >= 0.3 is 0 Å². The van der Waals surface area contributed by atoms with E-state index in [1.54, 1.807) is 0 Å². The Hall–Kier alpha value is 0. The molecule has 0 spiro atoms. The molecule has 0 saturated carbocycles. The fourth-order valence-electron chi connectivity index (χ4n) is 0. The van der Waals surface area contributed by atoms with Crippen LogP contribution in [0.4, 0.5) is 0 Å². The monoisotopic (exact) mass is 811 g/mol. The molecule has 0 aromatic heterocycles. The molecule has 0 heteroatoms. The first-order valence-corrected chi connectivity index (χ1v) is 11.0. The third-order valence-electron chi connectivity index (χ3n) is 0. The van der Waals surface area contributed by atoms with Crippen molar-refractivity contribution in [3.05, 3.63) is 0 Å². The van der Waals surface area contributed by atoms with Crippen LogP contribution in [0.2, 0.25) is 0 Å². The van der Waals surface area contributed by atoms with E-state index in [4.69, 9.17) is 0 Å². The van der Waals surface area contributed by atoms with Gasteiger partial charge in [-0.25, -0.2) is 0 Å². The summed E-state index contributed by atoms with van der Waals surface area (Å²) in [5.74, 6) is 0. The maximum absolute atomic E-state index is 2.00. The van der Waals surface area contributed by atoms with Crippen LogP contribution in [-0.4, -0.2) is 0 Å². The molecule has 0 aromatic rings. The van der Waals surface area contributed by atoms with Gasteiger partial charge in [-0.15, -0.1) is 0 Å². The molecule has 0 rings (SSSR count). The molecule has 0 aliphatic rings. The molecule has 0 amide bonds. The van der Waals surface area contributed by atoms with Crippen LogP contribution in [0, 0.1) is 0 Å². The average molecular weight is 812 g/mol. The third kappa shape index (κ3) is 0. The molecule has 0 heterocycles. The minimum Gasteiger partial charge on any atom is -0.0776 e. The van der Waals surface area contributed by atoms with Gasteiger partial charge in [0.2, 0.25) is 0 Å². The van der Waals surface area contributed by atoms with Gasteiger partial charge < -0.3 is 0 Å². The van der Waals surface area contributed by atoms with Crippen molar-refractivity contribution >= 4 is 0 Å². The predicted octanol–water partition coefficient (Wildman–Crippen LogP) is 30.4. The van der Waals surface area contributed by atoms with Crippen molar-refractivity contribution in [2.24, 2.45) is 0 Å². The first-order valence-electron chi connectivity index (χ1n) is 11.0. The molecule has 0 unspecified atom stereocenters. The molecule has 394 valence electrons. The van der Waals surface area contributed by atoms with Gasteiger partial charge in [0.15, 0.2) is 0 Å². The minimum atomic E-state index is 0. The van der Waals surface area contributed by atoms with E-state index in [9.17, 15) is 0 Å². The summed E-state index contributed by atoms with van der Waals surface area (Å²) in [5, 5.41) is 0. The Kier molecular flexibility index (Phi) is 0. The Morgan fingerprint density at radius 1 is 0.0577 bits per heavy atom. The van der Waals surface area contributed by atoms with Crippen LogP contribution < -0.4 is 0 Å². The molecular weight excluding hydrogens is 625 g/mol. The van der Waals surface area contributed by atoms with Crippen LogP contribution in [0.25, 0.3) is 0 Å². The van der Waals surface area contributed by atoms with Crippen LogP contribution in [0.5, 0.6) is 0 Å². The van der Waals surface area contributed by atoms with Crippen molar-refractivity contribution in [1.29, 1.82) is 0 Å². The lowest BCUT2D eigenvalue weighted by Crippen LogP contribution is -0.856. The topological polar surface area (TPSA) is 0 Å². The normalized spacial score (nSPS) is 1.27. The van der Waals surface area contributed by atoms with Gasteiger partial charge in [0, 0.05) is 0 Å². The highest BCUT2D eigenvalue weighted by Gasteiger charge is 0.952. The fourth-order valence-corrected chi connectivity index (χ4v) is 0. The third-order valence-corrected chi connectivity index (χ3v) is 0. The van der Waals surface area contributed by atoms with Crippen LogP contribution in [0.15, 0.2) is 0 Å². The molecular formula is C52H186. The van der Waals surface area contributed by atoms with E-state index in [2.05, 4.69) is 0 Å². The van der Waals surface area contributed by atoms with Gasteiger partial charge in [-0.05, 0) is 0 Å². The van der Waals surface area contributed by atoms with Crippen molar-refractivity contribution in [2.45, 2.75) is 375 Å². The first-order chi connectivity index (χ1) is 11.0. The Balaban J connectivity index is -0.000000000621. The summed E-state index contributed by atoms with van der Waals surface area (Å²) in [5.41, 5.74) is 0. The molecule has 0 saturated heterocycles. The highest BCUT2D eigenvalue weighted by molar-refractivity contribution is 3.52. The zero-order valence-corrected chi connectivity index (χ0v) is 22.0. The fraction of sp³-hybridized carbons (Fsp3) is 1.00. The van der Waals surface area contributed by atoms with E-state index in [1.807, 2.05) is 152 Å². The van der Waals surface area contributed by atoms with E-state index in [0.29, 0.717) is 0 Å². The molecule has 0 bridgehead atoms. The second kappa shape index (κ2) is 0. The van der Waals surface area contributed by atoms with Gasteiger partial charge in [-0.3, -0.25) is 0 Å². The van der Waals surface area contributed by atoms with Crippen LogP contribution in [-0.2, 0) is 0 Å². The largest absolute Gasteiger partial charge is 0.0776 e. The van der Waals surface area contributed by atoms with E-state index < -0.39 is 0 Å². The highest BCUT2D eigenvalue weighted by Crippen LogP contribution is 1.16. The summed E-state index contributed by atoms with van der Waals surface area (Å²) in [7, 11) is 0. The highest BCUT2D eigenvalue weighted by atomic mass is 13.0. The molecule has 52 heavy (non-hydrogen) atoms. The standard InChI is InChI=1S/11C2H6.30CH4/c11*1-2;;;;;;;;;;;;;;;;;;;;;;;;;;;;;;/h11*1-2H3;30*1H4. The summed E-state index contributed by atoms with van der Waals surface area (Å²) in [6.45, 7) is 44.0. The van der Waals surface area contributed by atoms with Gasteiger partial charge in [0.1, 0.15) is 0 Å². The van der Waals surface area contributed by atoms with Crippen molar-refractivity contribution in [3.8, 4) is 0 Å². The van der Waals surface area contributed by atoms with Crippen molar-refractivity contribution in [3.63, 3.8) is 0 Å². The van der Waals surface area contributed by atoms with Crippen molar-refractivity contribution in [2.75, 3.05) is 0 Å². The molecule has 0 aliphatic carbocycles. The van der Waals surface area contributed by atoms with E-state index >= 15 is 0 Å². The molecule has 0 radical (unpaired) electrons. The van der Waals surface area contributed by atoms with Crippen LogP contribution >= 0.6 is 0 Å². The van der Waals surface area contributed by atoms with Crippen LogP contribution in [0.1, 0.15) is 375 Å². The lowest BCUT2D eigenvalue weighted by atomic mass is 11.0. The Bertz CT molecular complexity index is 0. The van der Waals surface area contributed by atoms with Gasteiger partial charge in [0.25, 0.3) is 0 Å². The number of hydrogen-bond acceptors (Lipinski definition) is 0. The second-order valence-corrected chi connectivity index (χ2v) is 0. The summed E-state index contributed by atoms with van der Waals surface area (Å²) in [4.78, 5) is 0. The maximum Gasteiger partial charge on any atom is -0.0683 e. The Labute approximate surface area is 374 Å². The van der Waals surface area contributed by atoms with Crippen LogP contribution in [0.3, 0.4) is 0 Å². The summed E-state index contributed by atoms with van der Waals surface area (Å²) < 4.78 is 0. The van der Waals surface area contributed by atoms with Crippen molar-refractivity contribution in [1.82, 2.24) is 0 Å². The quantitative estimate of drug-likeness (QED) is 0.229. The van der Waals surface area contributed by atoms with E-state index in [-0.39, 0.29) is 223 Å². The second-order valence-electron chi connectivity index (χ2n) is 0. The predicted molar refractivity (Wildman–Crippen MR) is 327 cm³/mol. The van der Waals surface area contributed by atoms with E-state index in [0.717, 1.165) is 0 Å². The molecule has 0 N–H and O–H groups in total. The van der Waals surface area contributed by atoms with E-state index in [1.165, 1.54) is 0 Å². The first kappa shape index (κ1) is 1120. The maximum atomic E-state index is 2.00. The molecule has 0 atom stereocenters. The minimum absolute atomic E-state index is 0. The molecule has 0 aromatic carbocycles. The summed E-state index contributed by atoms with van der Waals surface area (Å²) in [6.07, 6.45) is 0. The number of hydrogen-bond donors (Lipinski definition) is 0. The smallest absolute Gasteiger partial charge is 0.0683 e.